The number of nitrogen functional groups attached to an aromatic ring is 1. The summed E-state index contributed by atoms with van der Waals surface area (Å²) in [6, 6.07) is 19.3. The summed E-state index contributed by atoms with van der Waals surface area (Å²) in [5, 5.41) is 7.60. The molecule has 0 aliphatic rings. The number of aromatic nitrogens is 4. The number of nitrogens with zero attached hydrogens (tertiary/aromatic N) is 2. The number of rotatable bonds is 4. The number of benzene rings is 3. The minimum atomic E-state index is 0.0308. The molecule has 3 aromatic carbocycles. The van der Waals surface area contributed by atoms with Gasteiger partial charge >= 0.3 is 0 Å². The largest absolute Gasteiger partial charge is 0.399 e. The third-order valence-electron chi connectivity index (χ3n) is 5.08. The molecule has 146 valence electrons. The second-order valence-corrected chi connectivity index (χ2v) is 7.15. The average molecular weight is 393 g/mol. The molecule has 5 aromatic rings. The molecule has 7 nitrogen and oxygen atoms in total. The lowest BCUT2D eigenvalue weighted by Crippen LogP contribution is -2.10. The minimum Gasteiger partial charge on any atom is -0.399 e. The van der Waals surface area contributed by atoms with Gasteiger partial charge in [0.05, 0.1) is 22.1 Å². The van der Waals surface area contributed by atoms with E-state index in [0.717, 1.165) is 50.4 Å². The highest BCUT2D eigenvalue weighted by atomic mass is 14.9. The molecule has 0 bridgehead atoms. The van der Waals surface area contributed by atoms with Gasteiger partial charge in [-0.25, -0.2) is 9.97 Å². The first-order valence-corrected chi connectivity index (χ1v) is 9.37. The van der Waals surface area contributed by atoms with Gasteiger partial charge in [0, 0.05) is 22.4 Å². The standard InChI is InChI=1S/C23H19N7/c1-12(24)13-2-4-14(5-3-13)22-27-18-9-7-16(11-20(18)29-22)23-28-17-8-6-15(21(25)26)10-19(17)30-23/h2-11H,1,24H2,(H3,25,26)(H,27,29)(H,28,30). The molecule has 2 heterocycles. The topological polar surface area (TPSA) is 133 Å². The van der Waals surface area contributed by atoms with Crippen LogP contribution in [0.15, 0.2) is 67.2 Å². The Kier molecular flexibility index (Phi) is 3.89. The van der Waals surface area contributed by atoms with Crippen LogP contribution in [0, 0.1) is 5.41 Å². The number of hydrogen-bond acceptors (Lipinski definition) is 4. The molecule has 0 unspecified atom stereocenters. The van der Waals surface area contributed by atoms with E-state index in [2.05, 4.69) is 26.5 Å². The first kappa shape index (κ1) is 17.7. The summed E-state index contributed by atoms with van der Waals surface area (Å²) in [7, 11) is 0. The molecule has 5 rings (SSSR count). The predicted octanol–water partition coefficient (Wildman–Crippen LogP) is 3.99. The second kappa shape index (κ2) is 6.59. The molecule has 0 spiro atoms. The lowest BCUT2D eigenvalue weighted by Gasteiger charge is -2.01. The van der Waals surface area contributed by atoms with Crippen molar-refractivity contribution in [3.63, 3.8) is 0 Å². The Morgan fingerprint density at radius 1 is 0.733 bits per heavy atom. The summed E-state index contributed by atoms with van der Waals surface area (Å²) in [4.78, 5) is 16.0. The molecule has 30 heavy (non-hydrogen) atoms. The quantitative estimate of drug-likeness (QED) is 0.233. The minimum absolute atomic E-state index is 0.0308. The van der Waals surface area contributed by atoms with E-state index in [1.165, 1.54) is 0 Å². The summed E-state index contributed by atoms with van der Waals surface area (Å²) < 4.78 is 0. The van der Waals surface area contributed by atoms with Gasteiger partial charge < -0.3 is 21.4 Å². The van der Waals surface area contributed by atoms with E-state index < -0.39 is 0 Å². The molecule has 0 amide bonds. The first-order valence-electron chi connectivity index (χ1n) is 9.37. The second-order valence-electron chi connectivity index (χ2n) is 7.15. The number of H-pyrrole nitrogens is 2. The Labute approximate surface area is 172 Å². The third kappa shape index (κ3) is 2.98. The molecule has 0 atom stereocenters. The van der Waals surface area contributed by atoms with Gasteiger partial charge in [0.25, 0.3) is 0 Å². The van der Waals surface area contributed by atoms with Crippen LogP contribution < -0.4 is 11.5 Å². The van der Waals surface area contributed by atoms with E-state index >= 15 is 0 Å². The highest BCUT2D eigenvalue weighted by Crippen LogP contribution is 2.27. The van der Waals surface area contributed by atoms with Crippen LogP contribution in [0.5, 0.6) is 0 Å². The van der Waals surface area contributed by atoms with Crippen molar-refractivity contribution in [1.29, 1.82) is 5.41 Å². The Balaban J connectivity index is 1.53. The molecule has 0 aliphatic heterocycles. The van der Waals surface area contributed by atoms with Crippen LogP contribution in [0.3, 0.4) is 0 Å². The smallest absolute Gasteiger partial charge is 0.138 e. The Hall–Kier alpha value is -4.39. The molecular weight excluding hydrogens is 374 g/mol. The van der Waals surface area contributed by atoms with Crippen LogP contribution >= 0.6 is 0 Å². The first-order chi connectivity index (χ1) is 14.5. The van der Waals surface area contributed by atoms with Crippen molar-refractivity contribution in [2.45, 2.75) is 0 Å². The molecule has 0 saturated carbocycles. The number of amidine groups is 1. The SMILES string of the molecule is C=C(N)c1ccc(-c2nc3ccc(-c4nc5ccc(C(=N)N)cc5[nH]4)cc3[nH]2)cc1. The van der Waals surface area contributed by atoms with Gasteiger partial charge in [-0.15, -0.1) is 0 Å². The van der Waals surface area contributed by atoms with Crippen molar-refractivity contribution in [3.05, 3.63) is 78.4 Å². The fourth-order valence-electron chi connectivity index (χ4n) is 3.45. The van der Waals surface area contributed by atoms with Crippen LogP contribution in [0.1, 0.15) is 11.1 Å². The fourth-order valence-corrected chi connectivity index (χ4v) is 3.45. The number of fused-ring (bicyclic) bond motifs is 2. The van der Waals surface area contributed by atoms with Crippen molar-refractivity contribution in [2.75, 3.05) is 0 Å². The summed E-state index contributed by atoms with van der Waals surface area (Å²) in [6.45, 7) is 3.76. The van der Waals surface area contributed by atoms with E-state index in [1.54, 1.807) is 6.07 Å². The van der Waals surface area contributed by atoms with E-state index in [-0.39, 0.29) is 5.84 Å². The summed E-state index contributed by atoms with van der Waals surface area (Å²) in [5.74, 6) is 1.56. The zero-order valence-electron chi connectivity index (χ0n) is 16.0. The van der Waals surface area contributed by atoms with Crippen molar-refractivity contribution >= 4 is 33.6 Å². The van der Waals surface area contributed by atoms with E-state index in [0.29, 0.717) is 11.3 Å². The highest BCUT2D eigenvalue weighted by Gasteiger charge is 2.11. The van der Waals surface area contributed by atoms with E-state index in [9.17, 15) is 0 Å². The summed E-state index contributed by atoms with van der Waals surface area (Å²) in [5.41, 5.74) is 18.8. The Morgan fingerprint density at radius 2 is 1.27 bits per heavy atom. The van der Waals surface area contributed by atoms with Crippen molar-refractivity contribution in [1.82, 2.24) is 19.9 Å². The lowest BCUT2D eigenvalue weighted by atomic mass is 10.1. The lowest BCUT2D eigenvalue weighted by molar-refractivity contribution is 1.33. The van der Waals surface area contributed by atoms with Crippen molar-refractivity contribution in [3.8, 4) is 22.8 Å². The van der Waals surface area contributed by atoms with Gasteiger partial charge in [0.1, 0.15) is 17.5 Å². The van der Waals surface area contributed by atoms with Crippen LogP contribution in [-0.2, 0) is 0 Å². The van der Waals surface area contributed by atoms with Gasteiger partial charge in [-0.2, -0.15) is 0 Å². The number of aromatic amines is 2. The molecule has 7 N–H and O–H groups in total. The molecule has 0 radical (unpaired) electrons. The maximum Gasteiger partial charge on any atom is 0.138 e. The average Bonchev–Trinajstić information content (AvgIpc) is 3.36. The van der Waals surface area contributed by atoms with Crippen LogP contribution in [-0.4, -0.2) is 25.8 Å². The van der Waals surface area contributed by atoms with Crippen LogP contribution in [0.4, 0.5) is 0 Å². The van der Waals surface area contributed by atoms with Crippen molar-refractivity contribution in [2.24, 2.45) is 11.5 Å². The predicted molar refractivity (Wildman–Crippen MR) is 121 cm³/mol. The zero-order valence-corrected chi connectivity index (χ0v) is 16.0. The maximum atomic E-state index is 7.60. The van der Waals surface area contributed by atoms with E-state index in [1.807, 2.05) is 54.6 Å². The Morgan fingerprint density at radius 3 is 1.90 bits per heavy atom. The number of nitrogens with one attached hydrogen (secondary N) is 3. The number of hydrogen-bond donors (Lipinski definition) is 5. The van der Waals surface area contributed by atoms with Gasteiger partial charge in [-0.05, 0) is 42.0 Å². The Bertz CT molecular complexity index is 1440. The van der Waals surface area contributed by atoms with Gasteiger partial charge in [-0.1, -0.05) is 30.8 Å². The molecule has 0 aliphatic carbocycles. The van der Waals surface area contributed by atoms with Gasteiger partial charge in [0.2, 0.25) is 0 Å². The normalized spacial score (nSPS) is 11.2. The molecule has 7 heteroatoms. The summed E-state index contributed by atoms with van der Waals surface area (Å²) in [6.07, 6.45) is 0. The fraction of sp³-hybridized carbons (Fsp3) is 0. The summed E-state index contributed by atoms with van der Waals surface area (Å²) >= 11 is 0. The number of nitrogens with two attached hydrogens (primary N) is 2. The number of imidazole rings is 2. The van der Waals surface area contributed by atoms with Gasteiger partial charge in [-0.3, -0.25) is 5.41 Å². The van der Waals surface area contributed by atoms with E-state index in [4.69, 9.17) is 16.9 Å². The highest BCUT2D eigenvalue weighted by molar-refractivity contribution is 5.98. The maximum absolute atomic E-state index is 7.60. The molecule has 0 fully saturated rings. The zero-order chi connectivity index (χ0) is 20.8. The molecular formula is C23H19N7. The third-order valence-corrected chi connectivity index (χ3v) is 5.08. The van der Waals surface area contributed by atoms with Crippen molar-refractivity contribution < 1.29 is 0 Å². The van der Waals surface area contributed by atoms with Crippen LogP contribution in [0.25, 0.3) is 50.5 Å². The van der Waals surface area contributed by atoms with Gasteiger partial charge in [0.15, 0.2) is 0 Å². The molecule has 2 aromatic heterocycles. The van der Waals surface area contributed by atoms with Crippen LogP contribution in [0.2, 0.25) is 0 Å². The molecule has 0 saturated heterocycles. The monoisotopic (exact) mass is 393 g/mol.